The van der Waals surface area contributed by atoms with Gasteiger partial charge in [-0.15, -0.1) is 0 Å². The van der Waals surface area contributed by atoms with Gasteiger partial charge < -0.3 is 3.11 Å². The summed E-state index contributed by atoms with van der Waals surface area (Å²) in [6.07, 6.45) is 0. The standard InChI is InChI=1S/C8H11IN2O2S/c1-6-4-3-5-7(11(2)9)8(6)14(10,12)13/h3-5H,1-2H3,(H2,10,12,13). The van der Waals surface area contributed by atoms with Crippen molar-refractivity contribution in [3.05, 3.63) is 23.8 Å². The Labute approximate surface area is 97.6 Å². The van der Waals surface area contributed by atoms with E-state index in [-0.39, 0.29) is 4.90 Å². The minimum Gasteiger partial charge on any atom is -0.316 e. The summed E-state index contributed by atoms with van der Waals surface area (Å²) in [5, 5.41) is 5.14. The van der Waals surface area contributed by atoms with E-state index in [1.54, 1.807) is 35.3 Å². The molecule has 6 heteroatoms. The van der Waals surface area contributed by atoms with Gasteiger partial charge in [-0.2, -0.15) is 0 Å². The van der Waals surface area contributed by atoms with E-state index in [1.807, 2.05) is 22.9 Å². The molecule has 1 rings (SSSR count). The first kappa shape index (κ1) is 11.7. The number of aryl methyl sites for hydroxylation is 1. The molecule has 0 saturated heterocycles. The van der Waals surface area contributed by atoms with Crippen LogP contribution in [0, 0.1) is 6.92 Å². The molecule has 0 heterocycles. The molecule has 78 valence electrons. The predicted molar refractivity (Wildman–Crippen MR) is 65.0 cm³/mol. The van der Waals surface area contributed by atoms with Crippen molar-refractivity contribution >= 4 is 38.6 Å². The van der Waals surface area contributed by atoms with Crippen molar-refractivity contribution in [3.63, 3.8) is 0 Å². The van der Waals surface area contributed by atoms with Crippen LogP contribution in [0.15, 0.2) is 23.1 Å². The molecule has 4 nitrogen and oxygen atoms in total. The van der Waals surface area contributed by atoms with Gasteiger partial charge in [0.25, 0.3) is 0 Å². The highest BCUT2D eigenvalue weighted by Gasteiger charge is 2.17. The molecule has 1 aromatic rings. The van der Waals surface area contributed by atoms with Gasteiger partial charge in [0.05, 0.1) is 28.6 Å². The Morgan fingerprint density at radius 3 is 2.36 bits per heavy atom. The molecular weight excluding hydrogens is 315 g/mol. The van der Waals surface area contributed by atoms with E-state index in [0.29, 0.717) is 11.3 Å². The summed E-state index contributed by atoms with van der Waals surface area (Å²) in [5.41, 5.74) is 1.27. The van der Waals surface area contributed by atoms with Gasteiger partial charge in [0, 0.05) is 7.05 Å². The Bertz CT molecular complexity index is 443. The van der Waals surface area contributed by atoms with E-state index in [2.05, 4.69) is 0 Å². The summed E-state index contributed by atoms with van der Waals surface area (Å²) >= 11 is 2.00. The highest BCUT2D eigenvalue weighted by Crippen LogP contribution is 2.28. The van der Waals surface area contributed by atoms with Crippen LogP contribution in [0.25, 0.3) is 0 Å². The number of hydrogen-bond donors (Lipinski definition) is 1. The summed E-state index contributed by atoms with van der Waals surface area (Å²) in [7, 11) is -1.89. The molecule has 1 aromatic carbocycles. The highest BCUT2D eigenvalue weighted by molar-refractivity contribution is 14.1. The Hall–Kier alpha value is -0.340. The summed E-state index contributed by atoms with van der Waals surface area (Å²) in [6, 6.07) is 5.25. The first-order valence-corrected chi connectivity index (χ1v) is 6.37. The predicted octanol–water partition coefficient (Wildman–Crippen LogP) is 1.43. The number of primary sulfonamides is 1. The third-order valence-electron chi connectivity index (χ3n) is 1.81. The Kier molecular flexibility index (Phi) is 3.38. The van der Waals surface area contributed by atoms with Gasteiger partial charge >= 0.3 is 0 Å². The van der Waals surface area contributed by atoms with Crippen molar-refractivity contribution in [2.24, 2.45) is 5.14 Å². The molecule has 0 aliphatic heterocycles. The van der Waals surface area contributed by atoms with Crippen LogP contribution in [0.1, 0.15) is 5.56 Å². The van der Waals surface area contributed by atoms with Gasteiger partial charge in [0.1, 0.15) is 4.90 Å². The molecule has 0 aliphatic rings. The number of rotatable bonds is 2. The number of nitrogens with two attached hydrogens (primary N) is 1. The number of halogens is 1. The molecule has 0 unspecified atom stereocenters. The van der Waals surface area contributed by atoms with Crippen LogP contribution in [0.2, 0.25) is 0 Å². The fourth-order valence-electron chi connectivity index (χ4n) is 1.25. The Morgan fingerprint density at radius 2 is 2.00 bits per heavy atom. The third kappa shape index (κ3) is 2.37. The van der Waals surface area contributed by atoms with Gasteiger partial charge in [0.15, 0.2) is 0 Å². The average Bonchev–Trinajstić information content (AvgIpc) is 2.01. The van der Waals surface area contributed by atoms with Crippen LogP contribution in [-0.2, 0) is 10.0 Å². The van der Waals surface area contributed by atoms with Crippen molar-refractivity contribution in [1.29, 1.82) is 0 Å². The van der Waals surface area contributed by atoms with E-state index in [0.717, 1.165) is 0 Å². The van der Waals surface area contributed by atoms with E-state index in [4.69, 9.17) is 5.14 Å². The van der Waals surface area contributed by atoms with Gasteiger partial charge in [-0.1, -0.05) is 12.1 Å². The Morgan fingerprint density at radius 1 is 1.43 bits per heavy atom. The van der Waals surface area contributed by atoms with Crippen molar-refractivity contribution in [3.8, 4) is 0 Å². The first-order chi connectivity index (χ1) is 6.34. The number of hydrogen-bond acceptors (Lipinski definition) is 3. The minimum atomic E-state index is -3.66. The van der Waals surface area contributed by atoms with E-state index in [1.165, 1.54) is 0 Å². The van der Waals surface area contributed by atoms with E-state index < -0.39 is 10.0 Å². The zero-order valence-corrected chi connectivity index (χ0v) is 10.8. The second-order valence-corrected chi connectivity index (χ2v) is 5.89. The number of sulfonamides is 1. The smallest absolute Gasteiger partial charge is 0.240 e. The van der Waals surface area contributed by atoms with Gasteiger partial charge in [0.2, 0.25) is 10.0 Å². The Balaban J connectivity index is 3.54. The summed E-state index contributed by atoms with van der Waals surface area (Å²) in [6.45, 7) is 1.73. The van der Waals surface area contributed by atoms with Crippen molar-refractivity contribution < 1.29 is 8.42 Å². The number of benzene rings is 1. The molecule has 0 amide bonds. The van der Waals surface area contributed by atoms with Gasteiger partial charge in [-0.3, -0.25) is 0 Å². The second-order valence-electron chi connectivity index (χ2n) is 2.95. The SMILES string of the molecule is Cc1cccc(N(C)I)c1S(N)(=O)=O. The maximum atomic E-state index is 11.3. The number of anilines is 1. The molecule has 0 fully saturated rings. The normalized spacial score (nSPS) is 11.4. The molecule has 0 spiro atoms. The van der Waals surface area contributed by atoms with Crippen molar-refractivity contribution in [2.75, 3.05) is 10.2 Å². The van der Waals surface area contributed by atoms with E-state index in [9.17, 15) is 8.42 Å². The van der Waals surface area contributed by atoms with Crippen LogP contribution >= 0.6 is 22.9 Å². The largest absolute Gasteiger partial charge is 0.316 e. The van der Waals surface area contributed by atoms with Crippen LogP contribution in [0.4, 0.5) is 5.69 Å². The fourth-order valence-corrected chi connectivity index (χ4v) is 2.83. The van der Waals surface area contributed by atoms with Crippen molar-refractivity contribution in [1.82, 2.24) is 0 Å². The lowest BCUT2D eigenvalue weighted by Crippen LogP contribution is -2.17. The van der Waals surface area contributed by atoms with Gasteiger partial charge in [-0.25, -0.2) is 13.6 Å². The van der Waals surface area contributed by atoms with Gasteiger partial charge in [-0.05, 0) is 18.6 Å². The topological polar surface area (TPSA) is 63.4 Å². The zero-order chi connectivity index (χ0) is 10.9. The third-order valence-corrected chi connectivity index (χ3v) is 3.43. The molecule has 0 aromatic heterocycles. The van der Waals surface area contributed by atoms with Crippen LogP contribution in [0.5, 0.6) is 0 Å². The molecule has 0 atom stereocenters. The second kappa shape index (κ2) is 4.03. The van der Waals surface area contributed by atoms with Crippen molar-refractivity contribution in [2.45, 2.75) is 11.8 Å². The molecule has 0 saturated carbocycles. The van der Waals surface area contributed by atoms with Crippen LogP contribution in [-0.4, -0.2) is 15.5 Å². The van der Waals surface area contributed by atoms with Crippen LogP contribution < -0.4 is 8.25 Å². The zero-order valence-electron chi connectivity index (χ0n) is 7.86. The van der Waals surface area contributed by atoms with E-state index >= 15 is 0 Å². The molecule has 0 aliphatic carbocycles. The van der Waals surface area contributed by atoms with Crippen LogP contribution in [0.3, 0.4) is 0 Å². The number of nitrogens with zero attached hydrogens (tertiary/aromatic N) is 1. The molecule has 2 N–H and O–H groups in total. The summed E-state index contributed by atoms with van der Waals surface area (Å²) in [5.74, 6) is 0. The lowest BCUT2D eigenvalue weighted by molar-refractivity contribution is 0.597. The molecule has 14 heavy (non-hydrogen) atoms. The monoisotopic (exact) mass is 326 g/mol. The minimum absolute atomic E-state index is 0.192. The fraction of sp³-hybridized carbons (Fsp3) is 0.250. The molecular formula is C8H11IN2O2S. The summed E-state index contributed by atoms with van der Waals surface area (Å²) < 4.78 is 24.4. The quantitative estimate of drug-likeness (QED) is 0.661. The lowest BCUT2D eigenvalue weighted by Gasteiger charge is -2.15. The summed E-state index contributed by atoms with van der Waals surface area (Å²) in [4.78, 5) is 0.192. The molecule has 0 radical (unpaired) electrons. The average molecular weight is 326 g/mol. The molecule has 0 bridgehead atoms. The maximum absolute atomic E-state index is 11.3. The highest BCUT2D eigenvalue weighted by atomic mass is 127. The first-order valence-electron chi connectivity index (χ1n) is 3.86. The lowest BCUT2D eigenvalue weighted by atomic mass is 10.2. The maximum Gasteiger partial charge on any atom is 0.240 e.